The van der Waals surface area contributed by atoms with E-state index in [1.54, 1.807) is 19.5 Å². The summed E-state index contributed by atoms with van der Waals surface area (Å²) in [4.78, 5) is 35.8. The molecule has 1 aliphatic heterocycles. The van der Waals surface area contributed by atoms with Gasteiger partial charge in [0.1, 0.15) is 5.69 Å². The fourth-order valence-electron chi connectivity index (χ4n) is 3.90. The minimum atomic E-state index is -0.107. The number of pyridine rings is 2. The van der Waals surface area contributed by atoms with Crippen LogP contribution in [0.2, 0.25) is 0 Å². The SMILES string of the molecule is C=CC(=O)N1CCC(N(CC2CC2)c2cc(-c3ccnc(OC)c3)c[nH]c2=O)C1. The minimum absolute atomic E-state index is 0.0505. The van der Waals surface area contributed by atoms with Crippen LogP contribution < -0.4 is 15.2 Å². The molecule has 1 amide bonds. The highest BCUT2D eigenvalue weighted by molar-refractivity contribution is 5.87. The lowest BCUT2D eigenvalue weighted by atomic mass is 10.1. The van der Waals surface area contributed by atoms with E-state index in [0.29, 0.717) is 30.6 Å². The van der Waals surface area contributed by atoms with Crippen molar-refractivity contribution in [1.82, 2.24) is 14.9 Å². The summed E-state index contributed by atoms with van der Waals surface area (Å²) >= 11 is 0. The number of carbonyl (C=O) groups is 1. The second-order valence-corrected chi connectivity index (χ2v) is 7.72. The maximum Gasteiger partial charge on any atom is 0.271 e. The number of methoxy groups -OCH3 is 1. The lowest BCUT2D eigenvalue weighted by Gasteiger charge is -2.31. The maximum absolute atomic E-state index is 12.8. The first kappa shape index (κ1) is 19.2. The molecule has 1 atom stereocenters. The van der Waals surface area contributed by atoms with E-state index < -0.39 is 0 Å². The van der Waals surface area contributed by atoms with E-state index >= 15 is 0 Å². The molecule has 7 nitrogen and oxygen atoms in total. The number of ether oxygens (including phenoxy) is 1. The summed E-state index contributed by atoms with van der Waals surface area (Å²) in [7, 11) is 1.58. The van der Waals surface area contributed by atoms with Gasteiger partial charge >= 0.3 is 0 Å². The molecule has 29 heavy (non-hydrogen) atoms. The first-order chi connectivity index (χ1) is 14.1. The number of aromatic nitrogens is 2. The molecule has 2 aromatic rings. The first-order valence-electron chi connectivity index (χ1n) is 10.00. The van der Waals surface area contributed by atoms with Crippen molar-refractivity contribution in [3.63, 3.8) is 0 Å². The van der Waals surface area contributed by atoms with E-state index in [1.165, 1.54) is 18.9 Å². The Morgan fingerprint density at radius 3 is 2.93 bits per heavy atom. The molecule has 0 aromatic carbocycles. The van der Waals surface area contributed by atoms with Gasteiger partial charge in [-0.05, 0) is 49.0 Å². The Bertz CT molecular complexity index is 967. The summed E-state index contributed by atoms with van der Waals surface area (Å²) in [5, 5.41) is 0. The molecule has 2 fully saturated rings. The third kappa shape index (κ3) is 4.18. The molecular weight excluding hydrogens is 368 g/mol. The molecule has 0 spiro atoms. The topological polar surface area (TPSA) is 78.5 Å². The highest BCUT2D eigenvalue weighted by atomic mass is 16.5. The number of anilines is 1. The van der Waals surface area contributed by atoms with Crippen LogP contribution in [0.1, 0.15) is 19.3 Å². The number of hydrogen-bond donors (Lipinski definition) is 1. The fourth-order valence-corrected chi connectivity index (χ4v) is 3.90. The summed E-state index contributed by atoms with van der Waals surface area (Å²) in [6.07, 6.45) is 8.00. The van der Waals surface area contributed by atoms with E-state index in [4.69, 9.17) is 4.74 Å². The van der Waals surface area contributed by atoms with E-state index in [0.717, 1.165) is 24.1 Å². The molecule has 2 aromatic heterocycles. The van der Waals surface area contributed by atoms with Gasteiger partial charge in [0.05, 0.1) is 7.11 Å². The van der Waals surface area contributed by atoms with Crippen LogP contribution in [0.15, 0.2) is 48.0 Å². The zero-order valence-corrected chi connectivity index (χ0v) is 16.6. The molecule has 2 aliphatic rings. The van der Waals surface area contributed by atoms with E-state index in [1.807, 2.05) is 23.1 Å². The van der Waals surface area contributed by atoms with Crippen LogP contribution in [0.5, 0.6) is 5.88 Å². The highest BCUT2D eigenvalue weighted by Crippen LogP contribution is 2.34. The molecule has 152 valence electrons. The lowest BCUT2D eigenvalue weighted by Crippen LogP contribution is -2.42. The summed E-state index contributed by atoms with van der Waals surface area (Å²) in [6, 6.07) is 5.81. The zero-order chi connectivity index (χ0) is 20.4. The zero-order valence-electron chi connectivity index (χ0n) is 16.6. The maximum atomic E-state index is 12.8. The van der Waals surface area contributed by atoms with Crippen LogP contribution in [0.25, 0.3) is 11.1 Å². The van der Waals surface area contributed by atoms with Crippen LogP contribution in [0, 0.1) is 5.92 Å². The van der Waals surface area contributed by atoms with Gasteiger partial charge in [0.25, 0.3) is 5.56 Å². The summed E-state index contributed by atoms with van der Waals surface area (Å²) in [6.45, 7) is 5.74. The van der Waals surface area contributed by atoms with Crippen LogP contribution in [-0.4, -0.2) is 53.6 Å². The molecule has 1 saturated heterocycles. The van der Waals surface area contributed by atoms with Gasteiger partial charge in [-0.3, -0.25) is 9.59 Å². The Kier molecular flexibility index (Phi) is 5.38. The van der Waals surface area contributed by atoms with Gasteiger partial charge in [0.2, 0.25) is 11.8 Å². The van der Waals surface area contributed by atoms with Gasteiger partial charge in [-0.1, -0.05) is 6.58 Å². The van der Waals surface area contributed by atoms with Crippen molar-refractivity contribution >= 4 is 11.6 Å². The molecule has 3 heterocycles. The number of H-pyrrole nitrogens is 1. The monoisotopic (exact) mass is 394 g/mol. The van der Waals surface area contributed by atoms with Gasteiger partial charge in [0.15, 0.2) is 0 Å². The highest BCUT2D eigenvalue weighted by Gasteiger charge is 2.34. The van der Waals surface area contributed by atoms with Crippen LogP contribution in [0.3, 0.4) is 0 Å². The Morgan fingerprint density at radius 2 is 2.21 bits per heavy atom. The second-order valence-electron chi connectivity index (χ2n) is 7.72. The van der Waals surface area contributed by atoms with Crippen LogP contribution >= 0.6 is 0 Å². The van der Waals surface area contributed by atoms with Crippen LogP contribution in [-0.2, 0) is 4.79 Å². The minimum Gasteiger partial charge on any atom is -0.481 e. The van der Waals surface area contributed by atoms with E-state index in [9.17, 15) is 9.59 Å². The van der Waals surface area contributed by atoms with E-state index in [2.05, 4.69) is 21.4 Å². The summed E-state index contributed by atoms with van der Waals surface area (Å²) in [5.41, 5.74) is 2.38. The van der Waals surface area contributed by atoms with Crippen molar-refractivity contribution in [1.29, 1.82) is 0 Å². The Labute approximate surface area is 170 Å². The average Bonchev–Trinajstić information content (AvgIpc) is 3.45. The van der Waals surface area contributed by atoms with Gasteiger partial charge in [-0.25, -0.2) is 4.98 Å². The molecule has 1 N–H and O–H groups in total. The molecule has 4 rings (SSSR count). The van der Waals surface area contributed by atoms with Crippen molar-refractivity contribution in [2.45, 2.75) is 25.3 Å². The van der Waals surface area contributed by atoms with Crippen molar-refractivity contribution in [2.75, 3.05) is 31.6 Å². The standard InChI is InChI=1S/C22H26N4O3/c1-3-21(27)25-9-7-18(14-25)26(13-15-4-5-15)19-10-17(12-24-22(19)28)16-6-8-23-20(11-16)29-2/h3,6,8,10-12,15,18H,1,4-5,7,9,13-14H2,2H3,(H,24,28). The van der Waals surface area contributed by atoms with Crippen molar-refractivity contribution in [3.05, 3.63) is 53.6 Å². The van der Waals surface area contributed by atoms with Gasteiger partial charge in [-0.15, -0.1) is 0 Å². The second kappa shape index (κ2) is 8.11. The smallest absolute Gasteiger partial charge is 0.271 e. The molecule has 0 radical (unpaired) electrons. The Balaban J connectivity index is 1.66. The van der Waals surface area contributed by atoms with Crippen molar-refractivity contribution in [3.8, 4) is 17.0 Å². The third-order valence-corrected chi connectivity index (χ3v) is 5.71. The Hall–Kier alpha value is -3.09. The number of aromatic amines is 1. The molecule has 0 bridgehead atoms. The lowest BCUT2D eigenvalue weighted by molar-refractivity contribution is -0.125. The van der Waals surface area contributed by atoms with Crippen molar-refractivity contribution in [2.24, 2.45) is 5.92 Å². The predicted molar refractivity (Wildman–Crippen MR) is 112 cm³/mol. The number of likely N-dealkylation sites (tertiary alicyclic amines) is 1. The van der Waals surface area contributed by atoms with Crippen molar-refractivity contribution < 1.29 is 9.53 Å². The number of rotatable bonds is 7. The molecule has 7 heteroatoms. The molecule has 1 saturated carbocycles. The third-order valence-electron chi connectivity index (χ3n) is 5.71. The fraction of sp³-hybridized carbons (Fsp3) is 0.409. The number of hydrogen-bond acceptors (Lipinski definition) is 5. The number of nitrogens with one attached hydrogen (secondary N) is 1. The molecule has 1 unspecified atom stereocenters. The quantitative estimate of drug-likeness (QED) is 0.730. The number of amides is 1. The van der Waals surface area contributed by atoms with Gasteiger partial charge in [-0.2, -0.15) is 0 Å². The number of carbonyl (C=O) groups excluding carboxylic acids is 1. The van der Waals surface area contributed by atoms with Gasteiger partial charge in [0, 0.05) is 49.7 Å². The molecule has 1 aliphatic carbocycles. The largest absolute Gasteiger partial charge is 0.481 e. The average molecular weight is 394 g/mol. The Morgan fingerprint density at radius 1 is 1.38 bits per heavy atom. The molecular formula is C22H26N4O3. The van der Waals surface area contributed by atoms with Gasteiger partial charge < -0.3 is 19.5 Å². The summed E-state index contributed by atoms with van der Waals surface area (Å²) < 4.78 is 5.23. The van der Waals surface area contributed by atoms with Crippen LogP contribution in [0.4, 0.5) is 5.69 Å². The van der Waals surface area contributed by atoms with E-state index in [-0.39, 0.29) is 17.5 Å². The number of nitrogens with zero attached hydrogens (tertiary/aromatic N) is 3. The predicted octanol–water partition coefficient (Wildman–Crippen LogP) is 2.45. The summed E-state index contributed by atoms with van der Waals surface area (Å²) in [5.74, 6) is 1.09. The normalized spacial score (nSPS) is 18.5. The first-order valence-corrected chi connectivity index (χ1v) is 10.00.